The molecule has 1 aliphatic carbocycles. The third-order valence-corrected chi connectivity index (χ3v) is 3.63. The summed E-state index contributed by atoms with van der Waals surface area (Å²) in [7, 11) is 0. The predicted molar refractivity (Wildman–Crippen MR) is 57.8 cm³/mol. The molecule has 0 amide bonds. The third-order valence-electron chi connectivity index (χ3n) is 3.63. The number of hydrogen-bond donors (Lipinski definition) is 0. The molecule has 2 aliphatic rings. The molecule has 16 heavy (non-hydrogen) atoms. The molecule has 0 unspecified atom stereocenters. The number of hydrogen-bond acceptors (Lipinski definition) is 3. The Balaban J connectivity index is 2.04. The summed E-state index contributed by atoms with van der Waals surface area (Å²) in [5, 5.41) is 13.6. The Morgan fingerprint density at radius 1 is 1.38 bits per heavy atom. The van der Waals surface area contributed by atoms with E-state index in [-0.39, 0.29) is 0 Å². The summed E-state index contributed by atoms with van der Waals surface area (Å²) in [5.41, 5.74) is 2.89. The molecule has 0 spiro atoms. The van der Waals surface area contributed by atoms with Gasteiger partial charge in [-0.2, -0.15) is 10.4 Å². The maximum atomic E-state index is 9.08. The van der Waals surface area contributed by atoms with Crippen LogP contribution in [0.3, 0.4) is 0 Å². The minimum Gasteiger partial charge on any atom is -0.375 e. The summed E-state index contributed by atoms with van der Waals surface area (Å²) in [5.74, 6) is 0. The quantitative estimate of drug-likeness (QED) is 0.722. The van der Waals surface area contributed by atoms with E-state index in [4.69, 9.17) is 10.00 Å². The second-order valence-electron chi connectivity index (χ2n) is 4.57. The van der Waals surface area contributed by atoms with Crippen LogP contribution < -0.4 is 0 Å². The van der Waals surface area contributed by atoms with Crippen molar-refractivity contribution in [3.63, 3.8) is 0 Å². The van der Waals surface area contributed by atoms with Crippen molar-refractivity contribution >= 4 is 0 Å². The van der Waals surface area contributed by atoms with E-state index < -0.39 is 0 Å². The SMILES string of the molecule is N#Cc1nn(C2CCCC2)c2c1CCOC2. The zero-order chi connectivity index (χ0) is 11.0. The number of rotatable bonds is 1. The van der Waals surface area contributed by atoms with E-state index in [0.717, 1.165) is 24.3 Å². The molecule has 0 atom stereocenters. The molecule has 4 heteroatoms. The van der Waals surface area contributed by atoms with Gasteiger partial charge < -0.3 is 4.74 Å². The van der Waals surface area contributed by atoms with Gasteiger partial charge in [-0.3, -0.25) is 4.68 Å². The highest BCUT2D eigenvalue weighted by Gasteiger charge is 2.26. The molecular weight excluding hydrogens is 202 g/mol. The molecule has 0 aromatic carbocycles. The van der Waals surface area contributed by atoms with Crippen molar-refractivity contribution in [3.05, 3.63) is 17.0 Å². The van der Waals surface area contributed by atoms with Crippen LogP contribution in [0, 0.1) is 11.3 Å². The van der Waals surface area contributed by atoms with Crippen LogP contribution in [0.1, 0.15) is 48.7 Å². The highest BCUT2D eigenvalue weighted by atomic mass is 16.5. The lowest BCUT2D eigenvalue weighted by molar-refractivity contribution is 0.103. The molecule has 0 saturated heterocycles. The van der Waals surface area contributed by atoms with Gasteiger partial charge in [0.2, 0.25) is 0 Å². The van der Waals surface area contributed by atoms with Crippen molar-refractivity contribution in [2.75, 3.05) is 6.61 Å². The van der Waals surface area contributed by atoms with Gasteiger partial charge in [0.15, 0.2) is 5.69 Å². The van der Waals surface area contributed by atoms with Gasteiger partial charge in [-0.15, -0.1) is 0 Å². The van der Waals surface area contributed by atoms with Crippen LogP contribution in [0.5, 0.6) is 0 Å². The first-order valence-corrected chi connectivity index (χ1v) is 5.98. The maximum absolute atomic E-state index is 9.08. The molecule has 1 fully saturated rings. The van der Waals surface area contributed by atoms with Crippen LogP contribution in [0.4, 0.5) is 0 Å². The van der Waals surface area contributed by atoms with E-state index in [1.807, 2.05) is 0 Å². The molecule has 0 bridgehead atoms. The van der Waals surface area contributed by atoms with Crippen LogP contribution in [-0.2, 0) is 17.8 Å². The minimum absolute atomic E-state index is 0.498. The van der Waals surface area contributed by atoms with Crippen molar-refractivity contribution < 1.29 is 4.74 Å². The fourth-order valence-electron chi connectivity index (χ4n) is 2.80. The Morgan fingerprint density at radius 3 is 2.94 bits per heavy atom. The average molecular weight is 217 g/mol. The van der Waals surface area contributed by atoms with E-state index in [1.54, 1.807) is 0 Å². The molecule has 1 saturated carbocycles. The molecule has 84 valence electrons. The minimum atomic E-state index is 0.498. The lowest BCUT2D eigenvalue weighted by Crippen LogP contribution is -2.16. The third kappa shape index (κ3) is 1.43. The van der Waals surface area contributed by atoms with Gasteiger partial charge in [0.25, 0.3) is 0 Å². The number of aromatic nitrogens is 2. The fourth-order valence-corrected chi connectivity index (χ4v) is 2.80. The van der Waals surface area contributed by atoms with Gasteiger partial charge >= 0.3 is 0 Å². The molecule has 0 radical (unpaired) electrons. The first-order chi connectivity index (χ1) is 7.90. The van der Waals surface area contributed by atoms with Crippen LogP contribution >= 0.6 is 0 Å². The van der Waals surface area contributed by atoms with Crippen molar-refractivity contribution in [2.24, 2.45) is 0 Å². The lowest BCUT2D eigenvalue weighted by Gasteiger charge is -2.18. The van der Waals surface area contributed by atoms with Crippen molar-refractivity contribution in [1.29, 1.82) is 5.26 Å². The predicted octanol–water partition coefficient (Wildman–Crippen LogP) is 1.94. The summed E-state index contributed by atoms with van der Waals surface area (Å²) in [4.78, 5) is 0. The normalized spacial score (nSPS) is 20.7. The van der Waals surface area contributed by atoms with E-state index in [9.17, 15) is 0 Å². The number of nitrogens with zero attached hydrogens (tertiary/aromatic N) is 3. The Labute approximate surface area is 94.8 Å². The molecule has 3 rings (SSSR count). The van der Waals surface area contributed by atoms with Crippen molar-refractivity contribution in [3.8, 4) is 6.07 Å². The van der Waals surface area contributed by atoms with Crippen LogP contribution in [-0.4, -0.2) is 16.4 Å². The smallest absolute Gasteiger partial charge is 0.166 e. The molecule has 4 nitrogen and oxygen atoms in total. The Hall–Kier alpha value is -1.34. The largest absolute Gasteiger partial charge is 0.375 e. The zero-order valence-corrected chi connectivity index (χ0v) is 9.28. The fraction of sp³-hybridized carbons (Fsp3) is 0.667. The van der Waals surface area contributed by atoms with Crippen molar-refractivity contribution in [1.82, 2.24) is 9.78 Å². The monoisotopic (exact) mass is 217 g/mol. The highest BCUT2D eigenvalue weighted by molar-refractivity contribution is 5.36. The summed E-state index contributed by atoms with van der Waals surface area (Å²) in [6.07, 6.45) is 5.78. The molecule has 1 aliphatic heterocycles. The summed E-state index contributed by atoms with van der Waals surface area (Å²) in [6, 6.07) is 2.71. The summed E-state index contributed by atoms with van der Waals surface area (Å²) < 4.78 is 7.55. The standard InChI is InChI=1S/C12H15N3O/c13-7-11-10-5-6-16-8-12(10)15(14-11)9-3-1-2-4-9/h9H,1-6,8H2. The van der Waals surface area contributed by atoms with Gasteiger partial charge in [0.1, 0.15) is 6.07 Å². The van der Waals surface area contributed by atoms with Crippen LogP contribution in [0.15, 0.2) is 0 Å². The molecule has 1 aromatic heterocycles. The van der Waals surface area contributed by atoms with E-state index >= 15 is 0 Å². The number of nitriles is 1. The molecular formula is C12H15N3O. The van der Waals surface area contributed by atoms with Gasteiger partial charge in [0.05, 0.1) is 24.9 Å². The van der Waals surface area contributed by atoms with Crippen molar-refractivity contribution in [2.45, 2.75) is 44.8 Å². The Bertz CT molecular complexity index is 438. The Kier molecular flexibility index (Phi) is 2.41. The first kappa shape index (κ1) is 9.86. The zero-order valence-electron chi connectivity index (χ0n) is 9.28. The average Bonchev–Trinajstić information content (AvgIpc) is 2.95. The van der Waals surface area contributed by atoms with E-state index in [1.165, 1.54) is 25.7 Å². The molecule has 1 aromatic rings. The number of ether oxygens (including phenoxy) is 1. The molecule has 0 N–H and O–H groups in total. The summed E-state index contributed by atoms with van der Waals surface area (Å²) in [6.45, 7) is 1.35. The van der Waals surface area contributed by atoms with Crippen LogP contribution in [0.2, 0.25) is 0 Å². The van der Waals surface area contributed by atoms with E-state index in [2.05, 4.69) is 15.8 Å². The van der Waals surface area contributed by atoms with Gasteiger partial charge in [-0.1, -0.05) is 12.8 Å². The summed E-state index contributed by atoms with van der Waals surface area (Å²) >= 11 is 0. The van der Waals surface area contributed by atoms with Gasteiger partial charge in [-0.25, -0.2) is 0 Å². The Morgan fingerprint density at radius 2 is 2.19 bits per heavy atom. The second kappa shape index (κ2) is 3.91. The van der Waals surface area contributed by atoms with Crippen LogP contribution in [0.25, 0.3) is 0 Å². The second-order valence-corrected chi connectivity index (χ2v) is 4.57. The first-order valence-electron chi connectivity index (χ1n) is 5.98. The van der Waals surface area contributed by atoms with E-state index in [0.29, 0.717) is 18.3 Å². The maximum Gasteiger partial charge on any atom is 0.166 e. The number of fused-ring (bicyclic) bond motifs is 1. The molecule has 2 heterocycles. The highest BCUT2D eigenvalue weighted by Crippen LogP contribution is 2.32. The van der Waals surface area contributed by atoms with Gasteiger partial charge in [-0.05, 0) is 12.8 Å². The lowest BCUT2D eigenvalue weighted by atomic mass is 10.1. The topological polar surface area (TPSA) is 50.8 Å². The van der Waals surface area contributed by atoms with Gasteiger partial charge in [0, 0.05) is 12.0 Å².